The van der Waals surface area contributed by atoms with Crippen molar-refractivity contribution in [1.29, 1.82) is 0 Å². The minimum atomic E-state index is -3.62. The summed E-state index contributed by atoms with van der Waals surface area (Å²) < 4.78 is 45.4. The Morgan fingerprint density at radius 1 is 1.32 bits per heavy atom. The van der Waals surface area contributed by atoms with Gasteiger partial charge >= 0.3 is 0 Å². The summed E-state index contributed by atoms with van der Waals surface area (Å²) in [5.74, 6) is -0.615. The summed E-state index contributed by atoms with van der Waals surface area (Å²) in [5.41, 5.74) is 0.140. The third-order valence-corrected chi connectivity index (χ3v) is 7.30. The summed E-state index contributed by atoms with van der Waals surface area (Å²) in [6, 6.07) is 3.54. The molecule has 0 amide bonds. The number of rotatable bonds is 3. The molecule has 1 aliphatic carbocycles. The Labute approximate surface area is 135 Å². The predicted molar refractivity (Wildman–Crippen MR) is 81.9 cm³/mol. The lowest BCUT2D eigenvalue weighted by Gasteiger charge is -2.52. The highest BCUT2D eigenvalue weighted by Gasteiger charge is 2.49. The highest BCUT2D eigenvalue weighted by Crippen LogP contribution is 2.51. The molecule has 4 nitrogen and oxygen atoms in total. The van der Waals surface area contributed by atoms with Crippen molar-refractivity contribution in [3.8, 4) is 0 Å². The first-order chi connectivity index (χ1) is 10.4. The van der Waals surface area contributed by atoms with E-state index >= 15 is 0 Å². The van der Waals surface area contributed by atoms with Crippen molar-refractivity contribution >= 4 is 21.6 Å². The minimum Gasteiger partial charge on any atom is -0.381 e. The number of ether oxygens (including phenoxy) is 1. The summed E-state index contributed by atoms with van der Waals surface area (Å²) >= 11 is 5.70. The summed E-state index contributed by atoms with van der Waals surface area (Å²) in [5, 5.41) is -0.173. The third kappa shape index (κ3) is 2.56. The van der Waals surface area contributed by atoms with Crippen LogP contribution in [0.25, 0.3) is 0 Å². The number of halogens is 2. The van der Waals surface area contributed by atoms with Gasteiger partial charge < -0.3 is 4.74 Å². The monoisotopic (exact) mass is 347 g/mol. The smallest absolute Gasteiger partial charge is 0.243 e. The molecule has 2 aliphatic rings. The van der Waals surface area contributed by atoms with Crippen LogP contribution in [0.3, 0.4) is 0 Å². The minimum absolute atomic E-state index is 0.0479. The van der Waals surface area contributed by atoms with Gasteiger partial charge in [0, 0.05) is 20.2 Å². The summed E-state index contributed by atoms with van der Waals surface area (Å²) in [4.78, 5) is 0.0479. The van der Waals surface area contributed by atoms with Crippen LogP contribution >= 0.6 is 11.6 Å². The zero-order valence-corrected chi connectivity index (χ0v) is 14.0. The van der Waals surface area contributed by atoms with E-state index in [4.69, 9.17) is 16.3 Å². The largest absolute Gasteiger partial charge is 0.381 e. The van der Waals surface area contributed by atoms with Crippen LogP contribution in [-0.2, 0) is 14.8 Å². The predicted octanol–water partition coefficient (Wildman–Crippen LogP) is 3.06. The molecule has 7 heteroatoms. The molecule has 1 atom stereocenters. The molecule has 1 saturated heterocycles. The highest BCUT2D eigenvalue weighted by atomic mass is 35.5. The lowest BCUT2D eigenvalue weighted by Crippen LogP contribution is -2.53. The fourth-order valence-electron chi connectivity index (χ4n) is 3.57. The van der Waals surface area contributed by atoms with Crippen LogP contribution in [-0.4, -0.2) is 39.0 Å². The van der Waals surface area contributed by atoms with Crippen molar-refractivity contribution in [1.82, 2.24) is 4.31 Å². The Balaban J connectivity index is 1.76. The molecule has 0 N–H and O–H groups in total. The van der Waals surface area contributed by atoms with Crippen LogP contribution in [0.1, 0.15) is 25.7 Å². The Morgan fingerprint density at radius 2 is 2.00 bits per heavy atom. The fraction of sp³-hybridized carbons (Fsp3) is 0.600. The van der Waals surface area contributed by atoms with E-state index in [1.54, 1.807) is 7.11 Å². The number of hydrogen-bond acceptors (Lipinski definition) is 3. The number of sulfonamides is 1. The van der Waals surface area contributed by atoms with Gasteiger partial charge in [-0.15, -0.1) is 0 Å². The van der Waals surface area contributed by atoms with Crippen LogP contribution in [0.15, 0.2) is 23.1 Å². The SMILES string of the molecule is COC1CCC12CCN(S(=O)(=O)c1ccc(F)c(Cl)c1)CC2. The van der Waals surface area contributed by atoms with E-state index in [0.29, 0.717) is 13.1 Å². The molecule has 0 bridgehead atoms. The molecule has 0 radical (unpaired) electrons. The molecule has 2 fully saturated rings. The Hall–Kier alpha value is -0.690. The van der Waals surface area contributed by atoms with Gasteiger partial charge in [0.05, 0.1) is 16.0 Å². The second kappa shape index (κ2) is 5.74. The third-order valence-electron chi connectivity index (χ3n) is 5.12. The molecule has 122 valence electrons. The summed E-state index contributed by atoms with van der Waals surface area (Å²) in [6.07, 6.45) is 4.01. The molecule has 1 aromatic rings. The molecule has 1 spiro atoms. The number of hydrogen-bond donors (Lipinski definition) is 0. The molecule has 22 heavy (non-hydrogen) atoms. The fourth-order valence-corrected chi connectivity index (χ4v) is 5.28. The Morgan fingerprint density at radius 3 is 2.50 bits per heavy atom. The molecular formula is C15H19ClFNO3S. The van der Waals surface area contributed by atoms with E-state index in [1.807, 2.05) is 0 Å². The van der Waals surface area contributed by atoms with E-state index in [2.05, 4.69) is 0 Å². The Kier molecular flexibility index (Phi) is 4.22. The lowest BCUT2D eigenvalue weighted by molar-refractivity contribution is -0.113. The standard InChI is InChI=1S/C15H19ClFNO3S/c1-21-14-4-5-15(14)6-8-18(9-7-15)22(19,20)11-2-3-13(17)12(16)10-11/h2-3,10,14H,4-9H2,1H3. The first kappa shape index (κ1) is 16.2. The number of methoxy groups -OCH3 is 1. The van der Waals surface area contributed by atoms with Gasteiger partial charge in [0.15, 0.2) is 0 Å². The van der Waals surface area contributed by atoms with Crippen LogP contribution < -0.4 is 0 Å². The number of piperidine rings is 1. The van der Waals surface area contributed by atoms with Gasteiger partial charge in [-0.1, -0.05) is 11.6 Å². The van der Waals surface area contributed by atoms with E-state index < -0.39 is 15.8 Å². The van der Waals surface area contributed by atoms with Gasteiger partial charge in [-0.2, -0.15) is 4.31 Å². The summed E-state index contributed by atoms with van der Waals surface area (Å²) in [7, 11) is -1.90. The zero-order valence-electron chi connectivity index (χ0n) is 12.4. The maximum absolute atomic E-state index is 13.2. The van der Waals surface area contributed by atoms with Crippen molar-refractivity contribution in [2.24, 2.45) is 5.41 Å². The quantitative estimate of drug-likeness (QED) is 0.844. The van der Waals surface area contributed by atoms with E-state index in [0.717, 1.165) is 31.7 Å². The number of benzene rings is 1. The topological polar surface area (TPSA) is 46.6 Å². The van der Waals surface area contributed by atoms with Crippen LogP contribution in [0, 0.1) is 11.2 Å². The van der Waals surface area contributed by atoms with Crippen molar-refractivity contribution < 1.29 is 17.5 Å². The summed E-state index contributed by atoms with van der Waals surface area (Å²) in [6.45, 7) is 0.939. The van der Waals surface area contributed by atoms with Gasteiger partial charge in [0.1, 0.15) is 5.82 Å². The van der Waals surface area contributed by atoms with Crippen molar-refractivity contribution in [3.63, 3.8) is 0 Å². The molecule has 1 aromatic carbocycles. The highest BCUT2D eigenvalue weighted by molar-refractivity contribution is 7.89. The van der Waals surface area contributed by atoms with Gasteiger partial charge in [-0.05, 0) is 49.3 Å². The van der Waals surface area contributed by atoms with Crippen LogP contribution in [0.4, 0.5) is 4.39 Å². The molecular weight excluding hydrogens is 329 g/mol. The van der Waals surface area contributed by atoms with E-state index in [-0.39, 0.29) is 21.4 Å². The normalized spacial score (nSPS) is 25.1. The first-order valence-electron chi connectivity index (χ1n) is 7.37. The van der Waals surface area contributed by atoms with Crippen molar-refractivity contribution in [3.05, 3.63) is 29.0 Å². The van der Waals surface area contributed by atoms with E-state index in [1.165, 1.54) is 16.4 Å². The first-order valence-corrected chi connectivity index (χ1v) is 9.19. The second-order valence-corrected chi connectivity index (χ2v) is 8.45. The van der Waals surface area contributed by atoms with Crippen molar-refractivity contribution in [2.45, 2.75) is 36.7 Å². The van der Waals surface area contributed by atoms with E-state index in [9.17, 15) is 12.8 Å². The number of nitrogens with zero attached hydrogens (tertiary/aromatic N) is 1. The maximum atomic E-state index is 13.2. The lowest BCUT2D eigenvalue weighted by atomic mass is 9.61. The average Bonchev–Trinajstić information content (AvgIpc) is 2.49. The van der Waals surface area contributed by atoms with Gasteiger partial charge in [0.2, 0.25) is 10.0 Å². The Bertz CT molecular complexity index is 669. The second-order valence-electron chi connectivity index (χ2n) is 6.11. The molecule has 0 aromatic heterocycles. The maximum Gasteiger partial charge on any atom is 0.243 e. The van der Waals surface area contributed by atoms with Gasteiger partial charge in [0.25, 0.3) is 0 Å². The average molecular weight is 348 g/mol. The molecule has 3 rings (SSSR count). The zero-order chi connectivity index (χ0) is 16.0. The molecule has 1 aliphatic heterocycles. The van der Waals surface area contributed by atoms with Gasteiger partial charge in [-0.25, -0.2) is 12.8 Å². The van der Waals surface area contributed by atoms with Crippen LogP contribution in [0.5, 0.6) is 0 Å². The molecule has 1 unspecified atom stereocenters. The molecule has 1 heterocycles. The van der Waals surface area contributed by atoms with Gasteiger partial charge in [-0.3, -0.25) is 0 Å². The van der Waals surface area contributed by atoms with Crippen LogP contribution in [0.2, 0.25) is 5.02 Å². The van der Waals surface area contributed by atoms with Crippen molar-refractivity contribution in [2.75, 3.05) is 20.2 Å². The molecule has 1 saturated carbocycles.